The number of hydrogen-bond donors (Lipinski definition) is 0. The van der Waals surface area contributed by atoms with E-state index in [0.29, 0.717) is 34.7 Å². The number of halogens is 1. The van der Waals surface area contributed by atoms with Crippen molar-refractivity contribution < 1.29 is 18.8 Å². The van der Waals surface area contributed by atoms with Gasteiger partial charge in [0.05, 0.1) is 13.7 Å². The molecule has 1 aromatic heterocycles. The molecule has 0 bridgehead atoms. The van der Waals surface area contributed by atoms with Gasteiger partial charge in [-0.05, 0) is 36.8 Å². The summed E-state index contributed by atoms with van der Waals surface area (Å²) in [5.74, 6) is 1.82. The molecule has 0 unspecified atom stereocenters. The molecule has 2 aromatic carbocycles. The fraction of sp³-hybridized carbons (Fsp3) is 0.286. The molecule has 0 radical (unpaired) electrons. The van der Waals surface area contributed by atoms with Gasteiger partial charge in [0, 0.05) is 17.6 Å². The number of carbonyl (C=O) groups is 1. The summed E-state index contributed by atoms with van der Waals surface area (Å²) in [7, 11) is 3.26. The highest BCUT2D eigenvalue weighted by Crippen LogP contribution is 2.22. The van der Waals surface area contributed by atoms with E-state index in [4.69, 9.17) is 25.6 Å². The largest absolute Gasteiger partial charge is 0.497 e. The van der Waals surface area contributed by atoms with Crippen molar-refractivity contribution in [3.63, 3.8) is 0 Å². The Morgan fingerprint density at radius 2 is 1.97 bits per heavy atom. The molecule has 1 heterocycles. The first kappa shape index (κ1) is 20.7. The van der Waals surface area contributed by atoms with Crippen molar-refractivity contribution in [1.29, 1.82) is 0 Å². The lowest BCUT2D eigenvalue weighted by atomic mass is 10.2. The number of nitrogens with zero attached hydrogens (tertiary/aromatic N) is 3. The molecule has 0 aliphatic rings. The highest BCUT2D eigenvalue weighted by atomic mass is 35.5. The Labute approximate surface area is 174 Å². The molecule has 0 N–H and O–H groups in total. The third-order valence-electron chi connectivity index (χ3n) is 4.27. The van der Waals surface area contributed by atoms with Crippen molar-refractivity contribution in [3.05, 3.63) is 59.4 Å². The van der Waals surface area contributed by atoms with Crippen LogP contribution in [0, 0.1) is 0 Å². The highest BCUT2D eigenvalue weighted by molar-refractivity contribution is 6.30. The van der Waals surface area contributed by atoms with Gasteiger partial charge in [-0.15, -0.1) is 0 Å². The number of likely N-dealkylation sites (N-methyl/N-ethyl adjacent to an activating group) is 1. The van der Waals surface area contributed by atoms with E-state index >= 15 is 0 Å². The molecule has 3 rings (SSSR count). The van der Waals surface area contributed by atoms with Crippen LogP contribution in [0.4, 0.5) is 0 Å². The van der Waals surface area contributed by atoms with Crippen LogP contribution in [-0.4, -0.2) is 41.2 Å². The Bertz CT molecular complexity index is 976. The van der Waals surface area contributed by atoms with Crippen molar-refractivity contribution >= 4 is 17.5 Å². The van der Waals surface area contributed by atoms with Gasteiger partial charge in [-0.25, -0.2) is 0 Å². The first-order valence-corrected chi connectivity index (χ1v) is 9.52. The van der Waals surface area contributed by atoms with Gasteiger partial charge in [0.15, 0.2) is 6.10 Å². The molecule has 0 aliphatic heterocycles. The predicted octanol–water partition coefficient (Wildman–Crippen LogP) is 4.21. The highest BCUT2D eigenvalue weighted by Gasteiger charge is 2.24. The average Bonchev–Trinajstić information content (AvgIpc) is 3.20. The van der Waals surface area contributed by atoms with Gasteiger partial charge >= 0.3 is 0 Å². The zero-order valence-corrected chi connectivity index (χ0v) is 17.2. The fourth-order valence-corrected chi connectivity index (χ4v) is 2.92. The molecule has 1 amide bonds. The molecule has 0 saturated carbocycles. The average molecular weight is 416 g/mol. The topological polar surface area (TPSA) is 77.7 Å². The summed E-state index contributed by atoms with van der Waals surface area (Å²) in [6, 6.07) is 14.3. The number of benzene rings is 2. The van der Waals surface area contributed by atoms with Crippen LogP contribution in [0.5, 0.6) is 11.5 Å². The second-order valence-electron chi connectivity index (χ2n) is 6.41. The van der Waals surface area contributed by atoms with Crippen LogP contribution in [0.15, 0.2) is 53.1 Å². The first-order chi connectivity index (χ1) is 14.0. The molecule has 152 valence electrons. The van der Waals surface area contributed by atoms with Gasteiger partial charge < -0.3 is 18.9 Å². The number of carbonyl (C=O) groups excluding carboxylic acids is 1. The van der Waals surface area contributed by atoms with E-state index in [2.05, 4.69) is 10.1 Å². The van der Waals surface area contributed by atoms with Gasteiger partial charge in [0.1, 0.15) is 11.5 Å². The van der Waals surface area contributed by atoms with E-state index in [-0.39, 0.29) is 12.5 Å². The number of aromatic nitrogens is 2. The third kappa shape index (κ3) is 5.26. The maximum atomic E-state index is 12.8. The molecular weight excluding hydrogens is 394 g/mol. The van der Waals surface area contributed by atoms with Crippen molar-refractivity contribution in [2.45, 2.75) is 26.0 Å². The summed E-state index contributed by atoms with van der Waals surface area (Å²) in [4.78, 5) is 18.7. The van der Waals surface area contributed by atoms with Gasteiger partial charge in [0.2, 0.25) is 11.7 Å². The number of ether oxygens (including phenoxy) is 2. The van der Waals surface area contributed by atoms with Crippen LogP contribution < -0.4 is 9.47 Å². The van der Waals surface area contributed by atoms with Crippen LogP contribution in [0.1, 0.15) is 19.2 Å². The molecule has 7 nitrogen and oxygen atoms in total. The van der Waals surface area contributed by atoms with Crippen LogP contribution in [0.25, 0.3) is 11.4 Å². The maximum absolute atomic E-state index is 12.8. The summed E-state index contributed by atoms with van der Waals surface area (Å²) in [5, 5.41) is 4.54. The first-order valence-electron chi connectivity index (χ1n) is 9.14. The number of hydrogen-bond acceptors (Lipinski definition) is 6. The summed E-state index contributed by atoms with van der Waals surface area (Å²) in [6.45, 7) is 2.06. The number of methoxy groups -OCH3 is 1. The van der Waals surface area contributed by atoms with Crippen molar-refractivity contribution in [2.75, 3.05) is 14.2 Å². The summed E-state index contributed by atoms with van der Waals surface area (Å²) < 4.78 is 16.3. The second kappa shape index (κ2) is 9.43. The molecule has 8 heteroatoms. The minimum atomic E-state index is -0.640. The lowest BCUT2D eigenvalue weighted by Gasteiger charge is -2.22. The van der Waals surface area contributed by atoms with E-state index in [1.807, 2.05) is 31.2 Å². The SMILES string of the molecule is CC[C@H](Oc1cccc(Cl)c1)C(=O)N(C)Cc1nc(-c2cccc(OC)c2)no1. The van der Waals surface area contributed by atoms with E-state index in [0.717, 1.165) is 5.56 Å². The Morgan fingerprint density at radius 3 is 2.69 bits per heavy atom. The Kier molecular flexibility index (Phi) is 6.72. The number of rotatable bonds is 8. The smallest absolute Gasteiger partial charge is 0.263 e. The van der Waals surface area contributed by atoms with Crippen molar-refractivity contribution in [3.8, 4) is 22.9 Å². The Hall–Kier alpha value is -3.06. The normalized spacial score (nSPS) is 11.7. The van der Waals surface area contributed by atoms with Gasteiger partial charge in [-0.2, -0.15) is 4.98 Å². The summed E-state index contributed by atoms with van der Waals surface area (Å²) in [5.41, 5.74) is 0.768. The molecular formula is C21H22ClN3O4. The zero-order valence-electron chi connectivity index (χ0n) is 16.5. The van der Waals surface area contributed by atoms with Crippen LogP contribution in [-0.2, 0) is 11.3 Å². The Balaban J connectivity index is 1.66. The van der Waals surface area contributed by atoms with E-state index in [9.17, 15) is 4.79 Å². The lowest BCUT2D eigenvalue weighted by Crippen LogP contribution is -2.39. The van der Waals surface area contributed by atoms with E-state index < -0.39 is 6.10 Å². The van der Waals surface area contributed by atoms with Crippen molar-refractivity contribution in [2.24, 2.45) is 0 Å². The molecule has 29 heavy (non-hydrogen) atoms. The van der Waals surface area contributed by atoms with E-state index in [1.54, 1.807) is 38.4 Å². The molecule has 1 atom stereocenters. The monoisotopic (exact) mass is 415 g/mol. The maximum Gasteiger partial charge on any atom is 0.263 e. The zero-order chi connectivity index (χ0) is 20.8. The molecule has 3 aromatic rings. The second-order valence-corrected chi connectivity index (χ2v) is 6.85. The summed E-state index contributed by atoms with van der Waals surface area (Å²) in [6.07, 6.45) is -0.131. The van der Waals surface area contributed by atoms with Gasteiger partial charge in [0.25, 0.3) is 5.91 Å². The lowest BCUT2D eigenvalue weighted by molar-refractivity contribution is -0.138. The van der Waals surface area contributed by atoms with E-state index in [1.165, 1.54) is 4.90 Å². The quantitative estimate of drug-likeness (QED) is 0.548. The predicted molar refractivity (Wildman–Crippen MR) is 109 cm³/mol. The molecule has 0 saturated heterocycles. The molecule has 0 aliphatic carbocycles. The van der Waals surface area contributed by atoms with Crippen LogP contribution in [0.3, 0.4) is 0 Å². The third-order valence-corrected chi connectivity index (χ3v) is 4.50. The Morgan fingerprint density at radius 1 is 1.21 bits per heavy atom. The fourth-order valence-electron chi connectivity index (χ4n) is 2.74. The number of amides is 1. The van der Waals surface area contributed by atoms with Crippen LogP contribution in [0.2, 0.25) is 5.02 Å². The van der Waals surface area contributed by atoms with Crippen molar-refractivity contribution in [1.82, 2.24) is 15.0 Å². The van der Waals surface area contributed by atoms with Gasteiger partial charge in [-0.1, -0.05) is 41.9 Å². The minimum Gasteiger partial charge on any atom is -0.497 e. The molecule has 0 fully saturated rings. The minimum absolute atomic E-state index is 0.172. The molecule has 0 spiro atoms. The van der Waals surface area contributed by atoms with Gasteiger partial charge in [-0.3, -0.25) is 4.79 Å². The van der Waals surface area contributed by atoms with Crippen LogP contribution >= 0.6 is 11.6 Å². The standard InChI is InChI=1S/C21H22ClN3O4/c1-4-18(28-17-10-6-8-15(22)12-17)21(26)25(2)13-19-23-20(24-29-19)14-7-5-9-16(11-14)27-3/h5-12,18H,4,13H2,1-3H3/t18-/m0/s1. The summed E-state index contributed by atoms with van der Waals surface area (Å²) >= 11 is 5.98.